The van der Waals surface area contributed by atoms with Crippen molar-refractivity contribution >= 4 is 5.97 Å². The lowest BCUT2D eigenvalue weighted by Gasteiger charge is -2.33. The first-order valence-electron chi connectivity index (χ1n) is 11.0. The molecule has 1 heterocycles. The zero-order chi connectivity index (χ0) is 22.2. The van der Waals surface area contributed by atoms with Crippen molar-refractivity contribution in [2.75, 3.05) is 6.61 Å². The molecule has 0 aliphatic carbocycles. The van der Waals surface area contributed by atoms with E-state index in [0.29, 0.717) is 36.2 Å². The molecule has 4 rings (SSSR count). The van der Waals surface area contributed by atoms with Gasteiger partial charge in [0.15, 0.2) is 6.29 Å². The van der Waals surface area contributed by atoms with Gasteiger partial charge in [-0.3, -0.25) is 0 Å². The van der Waals surface area contributed by atoms with Gasteiger partial charge in [-0.05, 0) is 54.3 Å². The van der Waals surface area contributed by atoms with Crippen molar-refractivity contribution < 1.29 is 23.7 Å². The Bertz CT molecular complexity index is 972. The Labute approximate surface area is 188 Å². The molecule has 1 saturated heterocycles. The van der Waals surface area contributed by atoms with E-state index in [-0.39, 0.29) is 18.4 Å². The van der Waals surface area contributed by atoms with Gasteiger partial charge in [-0.15, -0.1) is 0 Å². The zero-order valence-electron chi connectivity index (χ0n) is 18.2. The lowest BCUT2D eigenvalue weighted by atomic mass is 9.97. The van der Waals surface area contributed by atoms with E-state index < -0.39 is 0 Å². The van der Waals surface area contributed by atoms with Crippen LogP contribution in [0.2, 0.25) is 0 Å². The van der Waals surface area contributed by atoms with Crippen molar-refractivity contribution in [1.82, 2.24) is 0 Å². The highest BCUT2D eigenvalue weighted by Crippen LogP contribution is 2.28. The average Bonchev–Trinajstić information content (AvgIpc) is 2.81. The Hall–Kier alpha value is -3.15. The summed E-state index contributed by atoms with van der Waals surface area (Å²) in [4.78, 5) is 12.2. The maximum atomic E-state index is 12.2. The first-order chi connectivity index (χ1) is 15.7. The Morgan fingerprint density at radius 1 is 0.875 bits per heavy atom. The molecule has 166 valence electrons. The summed E-state index contributed by atoms with van der Waals surface area (Å²) in [6.45, 7) is 3.31. The summed E-state index contributed by atoms with van der Waals surface area (Å²) < 4.78 is 23.4. The molecule has 0 saturated carbocycles. The molecule has 32 heavy (non-hydrogen) atoms. The van der Waals surface area contributed by atoms with E-state index in [1.54, 1.807) is 48.5 Å². The molecule has 0 radical (unpaired) electrons. The summed E-state index contributed by atoms with van der Waals surface area (Å²) in [5, 5.41) is 0. The first kappa shape index (κ1) is 22.1. The predicted molar refractivity (Wildman–Crippen MR) is 122 cm³/mol. The second-order valence-corrected chi connectivity index (χ2v) is 8.11. The van der Waals surface area contributed by atoms with E-state index >= 15 is 0 Å². The zero-order valence-corrected chi connectivity index (χ0v) is 18.2. The number of benzene rings is 3. The van der Waals surface area contributed by atoms with Gasteiger partial charge >= 0.3 is 5.97 Å². The highest BCUT2D eigenvalue weighted by atomic mass is 16.7. The third-order valence-corrected chi connectivity index (χ3v) is 5.33. The smallest absolute Gasteiger partial charge is 0.343 e. The molecular formula is C27H28O5. The molecule has 1 aliphatic rings. The van der Waals surface area contributed by atoms with E-state index in [2.05, 4.69) is 19.1 Å². The van der Waals surface area contributed by atoms with Crippen molar-refractivity contribution in [2.24, 2.45) is 5.92 Å². The molecule has 5 heteroatoms. The molecule has 0 N–H and O–H groups in total. The van der Waals surface area contributed by atoms with Crippen molar-refractivity contribution in [2.45, 2.75) is 38.8 Å². The number of rotatable bonds is 8. The molecule has 3 aromatic carbocycles. The van der Waals surface area contributed by atoms with E-state index in [1.807, 2.05) is 24.3 Å². The van der Waals surface area contributed by atoms with Crippen molar-refractivity contribution in [3.05, 3.63) is 96.1 Å². The molecule has 1 fully saturated rings. The van der Waals surface area contributed by atoms with Crippen LogP contribution in [0.3, 0.4) is 0 Å². The maximum absolute atomic E-state index is 12.2. The molecule has 3 unspecified atom stereocenters. The minimum Gasteiger partial charge on any atom is -0.465 e. The van der Waals surface area contributed by atoms with Gasteiger partial charge in [-0.2, -0.15) is 0 Å². The fraction of sp³-hybridized carbons (Fsp3) is 0.296. The molecule has 3 aromatic rings. The lowest BCUT2D eigenvalue weighted by molar-refractivity contribution is -0.177. The number of hydrogen-bond acceptors (Lipinski definition) is 5. The maximum Gasteiger partial charge on any atom is 0.343 e. The fourth-order valence-corrected chi connectivity index (χ4v) is 3.74. The van der Waals surface area contributed by atoms with E-state index in [9.17, 15) is 4.79 Å². The molecular weight excluding hydrogens is 404 g/mol. The topological polar surface area (TPSA) is 54.0 Å². The van der Waals surface area contributed by atoms with Gasteiger partial charge in [0, 0.05) is 6.42 Å². The van der Waals surface area contributed by atoms with Crippen LogP contribution in [0.4, 0.5) is 0 Å². The van der Waals surface area contributed by atoms with Gasteiger partial charge in [-0.1, -0.05) is 55.5 Å². The van der Waals surface area contributed by atoms with E-state index in [0.717, 1.165) is 18.4 Å². The quantitative estimate of drug-likeness (QED) is 0.340. The third kappa shape index (κ3) is 6.42. The Morgan fingerprint density at radius 2 is 1.53 bits per heavy atom. The highest BCUT2D eigenvalue weighted by Gasteiger charge is 2.28. The number of carbonyl (C=O) groups excluding carboxylic acids is 1. The van der Waals surface area contributed by atoms with E-state index in [1.165, 1.54) is 0 Å². The third-order valence-electron chi connectivity index (χ3n) is 5.33. The van der Waals surface area contributed by atoms with Crippen LogP contribution in [0.15, 0.2) is 84.9 Å². The molecule has 0 amide bonds. The fourth-order valence-electron chi connectivity index (χ4n) is 3.74. The second-order valence-electron chi connectivity index (χ2n) is 8.11. The monoisotopic (exact) mass is 432 g/mol. The van der Waals surface area contributed by atoms with Crippen molar-refractivity contribution in [1.29, 1.82) is 0 Å². The first-order valence-corrected chi connectivity index (χ1v) is 11.0. The number of hydrogen-bond donors (Lipinski definition) is 0. The van der Waals surface area contributed by atoms with Crippen LogP contribution in [-0.2, 0) is 16.1 Å². The van der Waals surface area contributed by atoms with Gasteiger partial charge in [-0.25, -0.2) is 4.79 Å². The van der Waals surface area contributed by atoms with Crippen molar-refractivity contribution in [3.8, 4) is 11.5 Å². The van der Waals surface area contributed by atoms with Gasteiger partial charge in [0.25, 0.3) is 0 Å². The Kier molecular flexibility index (Phi) is 7.54. The number of ether oxygens (including phenoxy) is 4. The second kappa shape index (κ2) is 10.9. The van der Waals surface area contributed by atoms with Crippen LogP contribution in [0.5, 0.6) is 11.5 Å². The van der Waals surface area contributed by atoms with Crippen LogP contribution in [0.1, 0.15) is 35.7 Å². The number of carbonyl (C=O) groups is 1. The molecule has 0 bridgehead atoms. The van der Waals surface area contributed by atoms with Crippen LogP contribution < -0.4 is 9.47 Å². The number of esters is 1. The minimum absolute atomic E-state index is 0.00133. The van der Waals surface area contributed by atoms with Gasteiger partial charge in [0.05, 0.1) is 24.9 Å². The molecule has 0 aromatic heterocycles. The molecule has 3 atom stereocenters. The predicted octanol–water partition coefficient (Wildman–Crippen LogP) is 5.64. The summed E-state index contributed by atoms with van der Waals surface area (Å²) in [5.74, 6) is 1.23. The van der Waals surface area contributed by atoms with Crippen LogP contribution in [0, 0.1) is 5.92 Å². The summed E-state index contributed by atoms with van der Waals surface area (Å²) in [6, 6.07) is 26.1. The summed E-state index contributed by atoms with van der Waals surface area (Å²) >= 11 is 0. The van der Waals surface area contributed by atoms with Crippen LogP contribution >= 0.6 is 0 Å². The Balaban J connectivity index is 1.26. The summed E-state index contributed by atoms with van der Waals surface area (Å²) in [7, 11) is 0. The molecule has 0 spiro atoms. The largest absolute Gasteiger partial charge is 0.465 e. The lowest BCUT2D eigenvalue weighted by Crippen LogP contribution is -2.37. The SMILES string of the molecule is CC1CC(COCc2ccccc2)OC(Oc2ccc(OC(=O)c3ccccc3)cc2)C1. The van der Waals surface area contributed by atoms with Crippen LogP contribution in [0.25, 0.3) is 0 Å². The molecule has 5 nitrogen and oxygen atoms in total. The van der Waals surface area contributed by atoms with Crippen LogP contribution in [-0.4, -0.2) is 25.0 Å². The van der Waals surface area contributed by atoms with Gasteiger partial charge < -0.3 is 18.9 Å². The van der Waals surface area contributed by atoms with Crippen molar-refractivity contribution in [3.63, 3.8) is 0 Å². The summed E-state index contributed by atoms with van der Waals surface area (Å²) in [6.07, 6.45) is 1.43. The summed E-state index contributed by atoms with van der Waals surface area (Å²) in [5.41, 5.74) is 1.66. The normalized spacial score (nSPS) is 20.5. The van der Waals surface area contributed by atoms with Gasteiger partial charge in [0.2, 0.25) is 0 Å². The van der Waals surface area contributed by atoms with Gasteiger partial charge in [0.1, 0.15) is 11.5 Å². The minimum atomic E-state index is -0.387. The standard InChI is InChI=1S/C27H28O5/c1-20-16-25(19-29-18-21-8-4-2-5-9-21)31-26(17-20)30-23-12-14-24(15-13-23)32-27(28)22-10-6-3-7-11-22/h2-15,20,25-26H,16-19H2,1H3. The Morgan fingerprint density at radius 3 is 2.25 bits per heavy atom. The van der Waals surface area contributed by atoms with E-state index in [4.69, 9.17) is 18.9 Å². The molecule has 1 aliphatic heterocycles. The average molecular weight is 433 g/mol. The highest BCUT2D eigenvalue weighted by molar-refractivity contribution is 5.90.